The van der Waals surface area contributed by atoms with Crippen LogP contribution in [0, 0.1) is 0 Å². The first-order valence-electron chi connectivity index (χ1n) is 6.67. The maximum Gasteiger partial charge on any atom is 0.331 e. The van der Waals surface area contributed by atoms with Crippen LogP contribution in [0.3, 0.4) is 0 Å². The van der Waals surface area contributed by atoms with Gasteiger partial charge in [-0.25, -0.2) is 9.78 Å². The molecule has 1 aromatic carbocycles. The molecule has 5 nitrogen and oxygen atoms in total. The number of hydrogen-bond donors (Lipinski definition) is 0. The fourth-order valence-electron chi connectivity index (χ4n) is 1.97. The topological polar surface area (TPSA) is 57.7 Å². The molecule has 23 heavy (non-hydrogen) atoms. The summed E-state index contributed by atoms with van der Waals surface area (Å²) < 4.78 is 15.6. The molecule has 2 aromatic rings. The summed E-state index contributed by atoms with van der Waals surface area (Å²) in [6.45, 7) is 0.188. The average Bonchev–Trinajstić information content (AvgIpc) is 3.01. The summed E-state index contributed by atoms with van der Waals surface area (Å²) in [4.78, 5) is 15.7. The van der Waals surface area contributed by atoms with Crippen LogP contribution in [0.4, 0.5) is 0 Å². The van der Waals surface area contributed by atoms with Crippen LogP contribution in [0.2, 0.25) is 10.2 Å². The molecule has 0 radical (unpaired) electrons. The minimum Gasteiger partial charge on any atom is -0.458 e. The smallest absolute Gasteiger partial charge is 0.331 e. The Morgan fingerprint density at radius 2 is 2.22 bits per heavy atom. The molecule has 0 bridgehead atoms. The van der Waals surface area contributed by atoms with E-state index in [0.717, 1.165) is 0 Å². The Labute approximate surface area is 142 Å². The van der Waals surface area contributed by atoms with Crippen molar-refractivity contribution in [2.75, 3.05) is 6.79 Å². The summed E-state index contributed by atoms with van der Waals surface area (Å²) in [5, 5.41) is 0.738. The Bertz CT molecular complexity index is 777. The zero-order valence-electron chi connectivity index (χ0n) is 11.8. The number of pyridine rings is 1. The summed E-state index contributed by atoms with van der Waals surface area (Å²) >= 11 is 12.0. The number of hydrogen-bond acceptors (Lipinski definition) is 5. The number of aromatic nitrogens is 1. The van der Waals surface area contributed by atoms with Crippen LogP contribution in [-0.2, 0) is 16.1 Å². The SMILES string of the molecule is O=C(/C=C/c1cc(Cl)c2c(c1)OCO2)OCc1cccnc1Cl. The second-order valence-corrected chi connectivity index (χ2v) is 5.40. The molecule has 0 saturated heterocycles. The number of carbonyl (C=O) groups excluding carboxylic acids is 1. The second kappa shape index (κ2) is 6.89. The molecule has 0 amide bonds. The van der Waals surface area contributed by atoms with E-state index in [1.807, 2.05) is 0 Å². The highest BCUT2D eigenvalue weighted by Gasteiger charge is 2.17. The van der Waals surface area contributed by atoms with E-state index in [1.165, 1.54) is 6.08 Å². The van der Waals surface area contributed by atoms with Crippen LogP contribution in [0.5, 0.6) is 11.5 Å². The molecule has 2 heterocycles. The van der Waals surface area contributed by atoms with Crippen molar-refractivity contribution >= 4 is 35.2 Å². The van der Waals surface area contributed by atoms with E-state index in [1.54, 1.807) is 36.5 Å². The van der Waals surface area contributed by atoms with Crippen LogP contribution in [0.15, 0.2) is 36.5 Å². The molecular weight excluding hydrogens is 341 g/mol. The number of rotatable bonds is 4. The van der Waals surface area contributed by atoms with Gasteiger partial charge in [-0.05, 0) is 29.8 Å². The number of esters is 1. The number of carbonyl (C=O) groups is 1. The lowest BCUT2D eigenvalue weighted by Crippen LogP contribution is -2.01. The summed E-state index contributed by atoms with van der Waals surface area (Å²) in [6, 6.07) is 6.87. The molecule has 1 aromatic heterocycles. The van der Waals surface area contributed by atoms with E-state index in [4.69, 9.17) is 37.4 Å². The zero-order chi connectivity index (χ0) is 16.2. The standard InChI is InChI=1S/C16H11Cl2NO4/c17-12-6-10(7-13-15(12)23-9-22-13)3-4-14(20)21-8-11-2-1-5-19-16(11)18/h1-7H,8-9H2/b4-3+. The number of halogens is 2. The number of benzene rings is 1. The molecule has 0 spiro atoms. The Kier molecular flexibility index (Phi) is 4.69. The van der Waals surface area contributed by atoms with E-state index in [-0.39, 0.29) is 13.4 Å². The number of fused-ring (bicyclic) bond motifs is 1. The third-order valence-electron chi connectivity index (χ3n) is 3.07. The van der Waals surface area contributed by atoms with Crippen molar-refractivity contribution in [1.29, 1.82) is 0 Å². The molecule has 118 valence electrons. The first-order valence-corrected chi connectivity index (χ1v) is 7.42. The maximum atomic E-state index is 11.8. The molecular formula is C16H11Cl2NO4. The van der Waals surface area contributed by atoms with Crippen LogP contribution in [0.1, 0.15) is 11.1 Å². The van der Waals surface area contributed by atoms with Crippen molar-refractivity contribution in [2.45, 2.75) is 6.61 Å². The highest BCUT2D eigenvalue weighted by Crippen LogP contribution is 2.40. The first kappa shape index (κ1) is 15.6. The van der Waals surface area contributed by atoms with E-state index >= 15 is 0 Å². The lowest BCUT2D eigenvalue weighted by molar-refractivity contribution is -0.138. The van der Waals surface area contributed by atoms with Gasteiger partial charge in [-0.2, -0.15) is 0 Å². The van der Waals surface area contributed by atoms with Crippen molar-refractivity contribution in [1.82, 2.24) is 4.98 Å². The summed E-state index contributed by atoms with van der Waals surface area (Å²) in [7, 11) is 0. The predicted octanol–water partition coefficient (Wildman–Crippen LogP) is 3.87. The van der Waals surface area contributed by atoms with E-state index < -0.39 is 5.97 Å². The molecule has 1 aliphatic heterocycles. The highest BCUT2D eigenvalue weighted by molar-refractivity contribution is 6.32. The van der Waals surface area contributed by atoms with Crippen LogP contribution >= 0.6 is 23.2 Å². The molecule has 0 unspecified atom stereocenters. The number of ether oxygens (including phenoxy) is 3. The fraction of sp³-hybridized carbons (Fsp3) is 0.125. The van der Waals surface area contributed by atoms with Crippen LogP contribution < -0.4 is 9.47 Å². The van der Waals surface area contributed by atoms with Gasteiger partial charge in [-0.1, -0.05) is 29.3 Å². The molecule has 3 rings (SSSR count). The van der Waals surface area contributed by atoms with Gasteiger partial charge in [0, 0.05) is 17.8 Å². The maximum absolute atomic E-state index is 11.8. The fourth-order valence-corrected chi connectivity index (χ4v) is 2.42. The Morgan fingerprint density at radius 1 is 1.35 bits per heavy atom. The normalized spacial score (nSPS) is 12.6. The lowest BCUT2D eigenvalue weighted by Gasteiger charge is -2.04. The Balaban J connectivity index is 1.63. The van der Waals surface area contributed by atoms with Crippen molar-refractivity contribution in [3.05, 3.63) is 57.8 Å². The molecule has 0 fully saturated rings. The van der Waals surface area contributed by atoms with Crippen LogP contribution in [-0.4, -0.2) is 17.7 Å². The Hall–Kier alpha value is -2.24. The van der Waals surface area contributed by atoms with Crippen molar-refractivity contribution in [2.24, 2.45) is 0 Å². The lowest BCUT2D eigenvalue weighted by atomic mass is 10.2. The minimum atomic E-state index is -0.501. The van der Waals surface area contributed by atoms with E-state index in [9.17, 15) is 4.79 Å². The van der Waals surface area contributed by atoms with Crippen molar-refractivity contribution in [3.8, 4) is 11.5 Å². The summed E-state index contributed by atoms with van der Waals surface area (Å²) in [5.74, 6) is 0.559. The molecule has 0 aliphatic carbocycles. The first-order chi connectivity index (χ1) is 11.1. The minimum absolute atomic E-state index is 0.0533. The van der Waals surface area contributed by atoms with Gasteiger partial charge in [0.25, 0.3) is 0 Å². The summed E-state index contributed by atoms with van der Waals surface area (Å²) in [5.41, 5.74) is 1.35. The molecule has 1 aliphatic rings. The molecule has 0 N–H and O–H groups in total. The van der Waals surface area contributed by atoms with Gasteiger partial charge in [0.05, 0.1) is 5.02 Å². The van der Waals surface area contributed by atoms with Gasteiger partial charge in [0.1, 0.15) is 11.8 Å². The third-order valence-corrected chi connectivity index (χ3v) is 3.69. The van der Waals surface area contributed by atoms with Gasteiger partial charge in [-0.3, -0.25) is 0 Å². The van der Waals surface area contributed by atoms with Gasteiger partial charge >= 0.3 is 5.97 Å². The molecule has 7 heteroatoms. The summed E-state index contributed by atoms with van der Waals surface area (Å²) in [6.07, 6.45) is 4.45. The van der Waals surface area contributed by atoms with E-state index in [2.05, 4.69) is 4.98 Å². The van der Waals surface area contributed by atoms with Gasteiger partial charge < -0.3 is 14.2 Å². The van der Waals surface area contributed by atoms with Crippen LogP contribution in [0.25, 0.3) is 6.08 Å². The van der Waals surface area contributed by atoms with E-state index in [0.29, 0.717) is 32.8 Å². The van der Waals surface area contributed by atoms with Gasteiger partial charge in [0.15, 0.2) is 11.5 Å². The van der Waals surface area contributed by atoms with Crippen molar-refractivity contribution in [3.63, 3.8) is 0 Å². The average molecular weight is 352 g/mol. The molecule has 0 saturated carbocycles. The Morgan fingerprint density at radius 3 is 3.04 bits per heavy atom. The zero-order valence-corrected chi connectivity index (χ0v) is 13.3. The molecule has 0 atom stereocenters. The largest absolute Gasteiger partial charge is 0.458 e. The monoisotopic (exact) mass is 351 g/mol. The highest BCUT2D eigenvalue weighted by atomic mass is 35.5. The number of nitrogens with zero attached hydrogens (tertiary/aromatic N) is 1. The van der Waals surface area contributed by atoms with Gasteiger partial charge in [0.2, 0.25) is 6.79 Å². The third kappa shape index (κ3) is 3.75. The van der Waals surface area contributed by atoms with Crippen molar-refractivity contribution < 1.29 is 19.0 Å². The second-order valence-electron chi connectivity index (χ2n) is 4.63. The van der Waals surface area contributed by atoms with Gasteiger partial charge in [-0.15, -0.1) is 0 Å². The predicted molar refractivity (Wildman–Crippen MR) is 85.7 cm³/mol. The quantitative estimate of drug-likeness (QED) is 0.475.